The van der Waals surface area contributed by atoms with Gasteiger partial charge in [0, 0.05) is 11.6 Å². The van der Waals surface area contributed by atoms with Gasteiger partial charge in [-0.2, -0.15) is 0 Å². The van der Waals surface area contributed by atoms with Gasteiger partial charge in [0.25, 0.3) is 5.91 Å². The van der Waals surface area contributed by atoms with E-state index in [1.807, 2.05) is 24.3 Å². The van der Waals surface area contributed by atoms with Gasteiger partial charge in [0.15, 0.2) is 0 Å². The van der Waals surface area contributed by atoms with Crippen LogP contribution in [0.3, 0.4) is 0 Å². The summed E-state index contributed by atoms with van der Waals surface area (Å²) in [7, 11) is -3.94. The zero-order valence-electron chi connectivity index (χ0n) is 15.6. The molecule has 0 aliphatic carbocycles. The number of amides is 1. The number of sulfonamides is 1. The standard InChI is InChI=1S/C21H17ClN4O3S/c1-14(20-16-7-2-3-8-19(16)25-13-26-20)6-4-5-11-24-21(27)17-12-15(30(23,28)29)9-10-18(17)22/h2-13H,1H2,(H,24,27)(H2,23,28,29)/b6-4-,11-5+. The van der Waals surface area contributed by atoms with Crippen molar-refractivity contribution in [1.82, 2.24) is 15.3 Å². The van der Waals surface area contributed by atoms with Crippen LogP contribution in [0.25, 0.3) is 16.5 Å². The molecule has 7 nitrogen and oxygen atoms in total. The number of carbonyl (C=O) groups is 1. The van der Waals surface area contributed by atoms with Crippen LogP contribution in [0.4, 0.5) is 0 Å². The largest absolute Gasteiger partial charge is 0.329 e. The molecule has 9 heteroatoms. The molecule has 1 aromatic heterocycles. The molecular weight excluding hydrogens is 424 g/mol. The van der Waals surface area contributed by atoms with Crippen LogP contribution in [0.2, 0.25) is 5.02 Å². The Morgan fingerprint density at radius 1 is 1.13 bits per heavy atom. The number of primary sulfonamides is 1. The highest BCUT2D eigenvalue weighted by Crippen LogP contribution is 2.21. The number of nitrogens with one attached hydrogen (secondary N) is 1. The smallest absolute Gasteiger partial charge is 0.256 e. The molecule has 0 bridgehead atoms. The summed E-state index contributed by atoms with van der Waals surface area (Å²) in [5, 5.41) is 8.59. The number of hydrogen-bond donors (Lipinski definition) is 2. The summed E-state index contributed by atoms with van der Waals surface area (Å²) in [6.45, 7) is 4.02. The van der Waals surface area contributed by atoms with Crippen LogP contribution in [0.5, 0.6) is 0 Å². The topological polar surface area (TPSA) is 115 Å². The molecule has 0 aliphatic heterocycles. The molecule has 0 radical (unpaired) electrons. The molecule has 0 saturated heterocycles. The molecular formula is C21H17ClN4O3S. The lowest BCUT2D eigenvalue weighted by Crippen LogP contribution is -2.19. The summed E-state index contributed by atoms with van der Waals surface area (Å²) < 4.78 is 22.9. The maximum Gasteiger partial charge on any atom is 0.256 e. The predicted molar refractivity (Wildman–Crippen MR) is 117 cm³/mol. The Hall–Kier alpha value is -3.33. The highest BCUT2D eigenvalue weighted by atomic mass is 35.5. The fourth-order valence-electron chi connectivity index (χ4n) is 2.62. The van der Waals surface area contributed by atoms with E-state index in [1.54, 1.807) is 18.2 Å². The lowest BCUT2D eigenvalue weighted by atomic mass is 10.1. The second kappa shape index (κ2) is 9.00. The number of allylic oxidation sites excluding steroid dienone is 4. The van der Waals surface area contributed by atoms with Gasteiger partial charge in [0.05, 0.1) is 26.7 Å². The highest BCUT2D eigenvalue weighted by molar-refractivity contribution is 7.89. The van der Waals surface area contributed by atoms with E-state index in [-0.39, 0.29) is 15.5 Å². The maximum absolute atomic E-state index is 12.3. The lowest BCUT2D eigenvalue weighted by molar-refractivity contribution is 0.0970. The van der Waals surface area contributed by atoms with Gasteiger partial charge in [-0.15, -0.1) is 0 Å². The molecule has 3 N–H and O–H groups in total. The Morgan fingerprint density at radius 3 is 2.67 bits per heavy atom. The number of nitrogens with two attached hydrogens (primary N) is 1. The summed E-state index contributed by atoms with van der Waals surface area (Å²) in [5.41, 5.74) is 2.20. The van der Waals surface area contributed by atoms with Crippen molar-refractivity contribution in [3.05, 3.63) is 96.1 Å². The molecule has 3 rings (SSSR count). The molecule has 30 heavy (non-hydrogen) atoms. The molecule has 0 spiro atoms. The van der Waals surface area contributed by atoms with Crippen LogP contribution < -0.4 is 10.5 Å². The first kappa shape index (κ1) is 21.4. The van der Waals surface area contributed by atoms with E-state index in [1.165, 1.54) is 24.7 Å². The minimum absolute atomic E-state index is 0.00585. The number of hydrogen-bond acceptors (Lipinski definition) is 5. The fraction of sp³-hybridized carbons (Fsp3) is 0. The third-order valence-corrected chi connectivity index (χ3v) is 5.32. The Morgan fingerprint density at radius 2 is 1.90 bits per heavy atom. The average molecular weight is 441 g/mol. The van der Waals surface area contributed by atoms with Crippen molar-refractivity contribution in [2.24, 2.45) is 5.14 Å². The number of benzene rings is 2. The molecule has 0 unspecified atom stereocenters. The van der Waals surface area contributed by atoms with Gasteiger partial charge >= 0.3 is 0 Å². The van der Waals surface area contributed by atoms with Crippen LogP contribution >= 0.6 is 11.6 Å². The van der Waals surface area contributed by atoms with Crippen molar-refractivity contribution >= 4 is 44.0 Å². The van der Waals surface area contributed by atoms with Crippen LogP contribution in [-0.4, -0.2) is 24.3 Å². The zero-order valence-corrected chi connectivity index (χ0v) is 17.2. The Kier molecular flexibility index (Phi) is 6.41. The van der Waals surface area contributed by atoms with Gasteiger partial charge in [-0.1, -0.05) is 48.5 Å². The molecule has 0 fully saturated rings. The second-order valence-corrected chi connectivity index (χ2v) is 8.11. The predicted octanol–water partition coefficient (Wildman–Crippen LogP) is 3.44. The zero-order chi connectivity index (χ0) is 21.7. The summed E-state index contributed by atoms with van der Waals surface area (Å²) in [4.78, 5) is 20.6. The van der Waals surface area contributed by atoms with E-state index in [4.69, 9.17) is 16.7 Å². The Bertz CT molecular complexity index is 1300. The third-order valence-electron chi connectivity index (χ3n) is 4.08. The Labute approximate surface area is 178 Å². The van der Waals surface area contributed by atoms with Crippen molar-refractivity contribution in [3.8, 4) is 0 Å². The van der Waals surface area contributed by atoms with Crippen LogP contribution in [0.1, 0.15) is 16.1 Å². The molecule has 3 aromatic rings. The lowest BCUT2D eigenvalue weighted by Gasteiger charge is -2.05. The molecule has 1 heterocycles. The van der Waals surface area contributed by atoms with Gasteiger partial charge < -0.3 is 5.32 Å². The van der Waals surface area contributed by atoms with E-state index >= 15 is 0 Å². The number of rotatable bonds is 6. The molecule has 0 atom stereocenters. The maximum atomic E-state index is 12.3. The van der Waals surface area contributed by atoms with E-state index in [0.29, 0.717) is 11.3 Å². The minimum Gasteiger partial charge on any atom is -0.329 e. The summed E-state index contributed by atoms with van der Waals surface area (Å²) in [6, 6.07) is 11.3. The van der Waals surface area contributed by atoms with Gasteiger partial charge in [-0.3, -0.25) is 4.79 Å². The first-order chi connectivity index (χ1) is 14.3. The quantitative estimate of drug-likeness (QED) is 0.569. The van der Waals surface area contributed by atoms with Crippen LogP contribution in [-0.2, 0) is 10.0 Å². The van der Waals surface area contributed by atoms with E-state index in [2.05, 4.69) is 21.9 Å². The van der Waals surface area contributed by atoms with Gasteiger partial charge in [-0.25, -0.2) is 23.5 Å². The van der Waals surface area contributed by atoms with Crippen molar-refractivity contribution in [2.45, 2.75) is 4.90 Å². The first-order valence-corrected chi connectivity index (χ1v) is 10.6. The highest BCUT2D eigenvalue weighted by Gasteiger charge is 2.15. The van der Waals surface area contributed by atoms with Gasteiger partial charge in [0.1, 0.15) is 6.33 Å². The van der Waals surface area contributed by atoms with E-state index < -0.39 is 15.9 Å². The molecule has 1 amide bonds. The third kappa shape index (κ3) is 4.98. The number of fused-ring (bicyclic) bond motifs is 1. The number of nitrogens with zero attached hydrogens (tertiary/aromatic N) is 2. The van der Waals surface area contributed by atoms with E-state index in [9.17, 15) is 13.2 Å². The molecule has 0 aliphatic rings. The monoisotopic (exact) mass is 440 g/mol. The molecule has 2 aromatic carbocycles. The van der Waals surface area contributed by atoms with Crippen LogP contribution in [0.15, 0.2) is 84.7 Å². The van der Waals surface area contributed by atoms with Crippen molar-refractivity contribution in [1.29, 1.82) is 0 Å². The van der Waals surface area contributed by atoms with Crippen LogP contribution in [0, 0.1) is 0 Å². The second-order valence-electron chi connectivity index (χ2n) is 6.14. The number of para-hydroxylation sites is 1. The van der Waals surface area contributed by atoms with Gasteiger partial charge in [0.2, 0.25) is 10.0 Å². The summed E-state index contributed by atoms with van der Waals surface area (Å²) in [5.74, 6) is -0.573. The Balaban J connectivity index is 1.68. The number of halogens is 1. The average Bonchev–Trinajstić information content (AvgIpc) is 2.72. The molecule has 152 valence electrons. The van der Waals surface area contributed by atoms with Crippen molar-refractivity contribution in [3.63, 3.8) is 0 Å². The number of carbonyl (C=O) groups excluding carboxylic acids is 1. The van der Waals surface area contributed by atoms with E-state index in [0.717, 1.165) is 17.0 Å². The minimum atomic E-state index is -3.94. The summed E-state index contributed by atoms with van der Waals surface area (Å²) >= 11 is 5.98. The van der Waals surface area contributed by atoms with Crippen molar-refractivity contribution in [2.75, 3.05) is 0 Å². The first-order valence-electron chi connectivity index (χ1n) is 8.63. The number of aromatic nitrogens is 2. The normalized spacial score (nSPS) is 11.9. The van der Waals surface area contributed by atoms with Gasteiger partial charge in [-0.05, 0) is 35.9 Å². The fourth-order valence-corrected chi connectivity index (χ4v) is 3.37. The summed E-state index contributed by atoms with van der Waals surface area (Å²) in [6.07, 6.45) is 7.88. The SMILES string of the molecule is C=C(/C=C\C=C\NC(=O)c1cc(S(N)(=O)=O)ccc1Cl)c1ncnc2ccccc12. The van der Waals surface area contributed by atoms with Crippen molar-refractivity contribution < 1.29 is 13.2 Å². The molecule has 0 saturated carbocycles.